The fourth-order valence-corrected chi connectivity index (χ4v) is 5.51. The Morgan fingerprint density at radius 1 is 0.222 bits per heavy atom. The minimum absolute atomic E-state index is 0. The zero-order chi connectivity index (χ0) is 31.5. The molecule has 0 spiro atoms. The molecule has 0 aromatic carbocycles. The van der Waals surface area contributed by atoms with Crippen molar-refractivity contribution < 1.29 is 66.9 Å². The number of unbranched alkanes of at least 4 members (excludes halogenated alkanes) is 27. The Kier molecular flexibility index (Phi) is 83.1. The lowest BCUT2D eigenvalue weighted by atomic mass is 10.1. The van der Waals surface area contributed by atoms with E-state index in [9.17, 15) is 0 Å². The molecule has 0 aliphatic carbocycles. The predicted octanol–water partition coefficient (Wildman–Crippen LogP) is 0.313. The molecule has 0 rings (SSSR count). The molecule has 0 aliphatic rings. The molecule has 6 N–H and O–H groups in total. The quantitative estimate of drug-likeness (QED) is 0.0800. The molecule has 0 heterocycles. The zero-order valence-electron chi connectivity index (χ0n) is 32.2. The SMILES string of the molecule is CCCCCCCCCCCC[NH2+]C.CCCCCCCCCCCC[NH2+]C.CCCCCCCCCCCC[NH2+]C.[Br-].[Br-].[Br-]. The average Bonchev–Trinajstić information content (AvgIpc) is 3.01. The third-order valence-corrected chi connectivity index (χ3v) is 8.54. The monoisotopic (exact) mass is 837 g/mol. The molecule has 0 fully saturated rings. The van der Waals surface area contributed by atoms with Crippen molar-refractivity contribution in [1.29, 1.82) is 0 Å². The second kappa shape index (κ2) is 63.9. The first kappa shape index (κ1) is 58.5. The number of quaternary nitrogens is 3. The molecule has 0 amide bonds. The van der Waals surface area contributed by atoms with E-state index in [1.807, 2.05) is 0 Å². The zero-order valence-corrected chi connectivity index (χ0v) is 37.0. The Balaban J connectivity index is -0.000000123. The number of hydrogen-bond donors (Lipinski definition) is 3. The topological polar surface area (TPSA) is 49.8 Å². The highest BCUT2D eigenvalue weighted by atomic mass is 79.9. The Hall–Kier alpha value is 1.32. The van der Waals surface area contributed by atoms with Gasteiger partial charge in [-0.05, 0) is 38.5 Å². The molecule has 0 atom stereocenters. The fourth-order valence-electron chi connectivity index (χ4n) is 5.51. The first-order chi connectivity index (χ1) is 20.7. The first-order valence-corrected chi connectivity index (χ1v) is 20.1. The first-order valence-electron chi connectivity index (χ1n) is 20.1. The molecule has 0 aliphatic heterocycles. The highest BCUT2D eigenvalue weighted by Crippen LogP contribution is 2.11. The van der Waals surface area contributed by atoms with Gasteiger partial charge in [-0.3, -0.25) is 0 Å². The molecule has 3 nitrogen and oxygen atoms in total. The summed E-state index contributed by atoms with van der Waals surface area (Å²) < 4.78 is 0. The lowest BCUT2D eigenvalue weighted by Gasteiger charge is -2.01. The standard InChI is InChI=1S/3C13H29N.3BrH/c3*1-3-4-5-6-7-8-9-10-11-12-13-14-2;;;/h3*14H,3-13H2,1-2H3;3*1H. The van der Waals surface area contributed by atoms with E-state index in [4.69, 9.17) is 0 Å². The van der Waals surface area contributed by atoms with Crippen LogP contribution < -0.4 is 66.9 Å². The number of nitrogens with two attached hydrogens (primary N) is 3. The summed E-state index contributed by atoms with van der Waals surface area (Å²) in [6.07, 6.45) is 43.4. The fraction of sp³-hybridized carbons (Fsp3) is 1.00. The van der Waals surface area contributed by atoms with Gasteiger partial charge in [0.1, 0.15) is 0 Å². The van der Waals surface area contributed by atoms with Crippen molar-refractivity contribution in [2.24, 2.45) is 0 Å². The number of rotatable bonds is 33. The van der Waals surface area contributed by atoms with Crippen molar-refractivity contribution in [3.8, 4) is 0 Å². The summed E-state index contributed by atoms with van der Waals surface area (Å²) in [4.78, 5) is 0. The van der Waals surface area contributed by atoms with Crippen LogP contribution in [-0.2, 0) is 0 Å². The van der Waals surface area contributed by atoms with Gasteiger partial charge in [-0.1, -0.05) is 175 Å². The van der Waals surface area contributed by atoms with Gasteiger partial charge >= 0.3 is 0 Å². The van der Waals surface area contributed by atoms with Crippen molar-refractivity contribution >= 4 is 0 Å². The largest absolute Gasteiger partial charge is 1.00 e. The molecule has 0 unspecified atom stereocenters. The molecule has 0 aromatic heterocycles. The van der Waals surface area contributed by atoms with Crippen LogP contribution in [0.25, 0.3) is 0 Å². The van der Waals surface area contributed by atoms with Gasteiger partial charge in [0, 0.05) is 0 Å². The molecular formula is C39H90Br3N3. The van der Waals surface area contributed by atoms with Gasteiger partial charge < -0.3 is 66.9 Å². The Labute approximate surface area is 319 Å². The normalized spacial score (nSPS) is 10.0. The van der Waals surface area contributed by atoms with E-state index in [1.165, 1.54) is 212 Å². The second-order valence-electron chi connectivity index (χ2n) is 13.1. The van der Waals surface area contributed by atoms with Gasteiger partial charge in [-0.2, -0.15) is 0 Å². The van der Waals surface area contributed by atoms with Gasteiger partial charge in [0.15, 0.2) is 0 Å². The third kappa shape index (κ3) is 72.2. The summed E-state index contributed by atoms with van der Waals surface area (Å²) >= 11 is 0. The summed E-state index contributed by atoms with van der Waals surface area (Å²) in [5, 5.41) is 6.85. The summed E-state index contributed by atoms with van der Waals surface area (Å²) in [6, 6.07) is 0. The average molecular weight is 841 g/mol. The molecule has 0 radical (unpaired) electrons. The third-order valence-electron chi connectivity index (χ3n) is 8.54. The van der Waals surface area contributed by atoms with Crippen molar-refractivity contribution in [1.82, 2.24) is 0 Å². The van der Waals surface area contributed by atoms with Crippen LogP contribution in [0.2, 0.25) is 0 Å². The number of halogens is 3. The van der Waals surface area contributed by atoms with Gasteiger partial charge in [-0.15, -0.1) is 0 Å². The summed E-state index contributed by atoms with van der Waals surface area (Å²) in [5.41, 5.74) is 0. The lowest BCUT2D eigenvalue weighted by Crippen LogP contribution is -3.00. The molecule has 45 heavy (non-hydrogen) atoms. The summed E-state index contributed by atoms with van der Waals surface area (Å²) in [7, 11) is 6.48. The van der Waals surface area contributed by atoms with Gasteiger partial charge in [0.25, 0.3) is 0 Å². The van der Waals surface area contributed by atoms with E-state index in [2.05, 4.69) is 57.9 Å². The number of hydrogen-bond acceptors (Lipinski definition) is 0. The lowest BCUT2D eigenvalue weighted by molar-refractivity contribution is -0.627. The Morgan fingerprint density at radius 3 is 0.489 bits per heavy atom. The van der Waals surface area contributed by atoms with E-state index in [1.54, 1.807) is 0 Å². The van der Waals surface area contributed by atoms with Crippen molar-refractivity contribution in [2.45, 2.75) is 213 Å². The molecule has 0 saturated carbocycles. The summed E-state index contributed by atoms with van der Waals surface area (Å²) in [5.74, 6) is 0. The van der Waals surface area contributed by atoms with Gasteiger partial charge in [-0.25, -0.2) is 0 Å². The van der Waals surface area contributed by atoms with E-state index >= 15 is 0 Å². The van der Waals surface area contributed by atoms with Crippen LogP contribution in [0.5, 0.6) is 0 Å². The molecule has 0 aromatic rings. The van der Waals surface area contributed by atoms with E-state index in [-0.39, 0.29) is 50.9 Å². The minimum atomic E-state index is 0. The smallest absolute Gasteiger partial charge is 0.0753 e. The van der Waals surface area contributed by atoms with Crippen molar-refractivity contribution in [2.75, 3.05) is 40.8 Å². The van der Waals surface area contributed by atoms with Crippen LogP contribution >= 0.6 is 0 Å². The van der Waals surface area contributed by atoms with E-state index < -0.39 is 0 Å². The van der Waals surface area contributed by atoms with Crippen molar-refractivity contribution in [3.05, 3.63) is 0 Å². The van der Waals surface area contributed by atoms with Gasteiger partial charge in [0.2, 0.25) is 0 Å². The second-order valence-corrected chi connectivity index (χ2v) is 13.1. The Bertz CT molecular complexity index is 311. The molecule has 6 heteroatoms. The minimum Gasteiger partial charge on any atom is -1.00 e. The van der Waals surface area contributed by atoms with E-state index in [0.717, 1.165) is 0 Å². The highest BCUT2D eigenvalue weighted by Gasteiger charge is 1.94. The summed E-state index contributed by atoms with van der Waals surface area (Å²) in [6.45, 7) is 10.8. The molecule has 0 bridgehead atoms. The molecule has 0 saturated heterocycles. The van der Waals surface area contributed by atoms with Crippen molar-refractivity contribution in [3.63, 3.8) is 0 Å². The van der Waals surface area contributed by atoms with Crippen LogP contribution in [-0.4, -0.2) is 40.8 Å². The maximum Gasteiger partial charge on any atom is 0.0753 e. The Morgan fingerprint density at radius 2 is 0.356 bits per heavy atom. The maximum absolute atomic E-state index is 2.28. The van der Waals surface area contributed by atoms with Crippen LogP contribution in [0.15, 0.2) is 0 Å². The van der Waals surface area contributed by atoms with Crippen LogP contribution in [0.1, 0.15) is 213 Å². The molecular weight excluding hydrogens is 750 g/mol. The highest BCUT2D eigenvalue weighted by molar-refractivity contribution is 4.48. The van der Waals surface area contributed by atoms with E-state index in [0.29, 0.717) is 0 Å². The van der Waals surface area contributed by atoms with Crippen LogP contribution in [0, 0.1) is 0 Å². The predicted molar refractivity (Wildman–Crippen MR) is 194 cm³/mol. The van der Waals surface area contributed by atoms with Crippen LogP contribution in [0.3, 0.4) is 0 Å². The molecule has 282 valence electrons. The van der Waals surface area contributed by atoms with Gasteiger partial charge in [0.05, 0.1) is 40.8 Å². The maximum atomic E-state index is 2.28. The van der Waals surface area contributed by atoms with Crippen LogP contribution in [0.4, 0.5) is 0 Å².